The third-order valence-corrected chi connectivity index (χ3v) is 10.9. The molecule has 1 nitrogen and oxygen atoms in total. The molecule has 0 radical (unpaired) electrons. The number of rotatable bonds is 36. The van der Waals surface area contributed by atoms with Crippen LogP contribution in [0.5, 0.6) is 0 Å². The van der Waals surface area contributed by atoms with Crippen molar-refractivity contribution >= 4 is 0 Å². The first-order valence-electron chi connectivity index (χ1n) is 20.9. The highest BCUT2D eigenvalue weighted by Crippen LogP contribution is 2.24. The summed E-state index contributed by atoms with van der Waals surface area (Å²) in [6.45, 7) is 17.4. The lowest BCUT2D eigenvalue weighted by molar-refractivity contribution is -0.967. The largest absolute Gasteiger partial charge is 1.00 e. The highest BCUT2D eigenvalue weighted by Gasteiger charge is 2.33. The van der Waals surface area contributed by atoms with Gasteiger partial charge in [-0.3, -0.25) is 0 Å². The van der Waals surface area contributed by atoms with Crippen molar-refractivity contribution in [3.63, 3.8) is 0 Å². The Morgan fingerprint density at radius 1 is 0.273 bits per heavy atom. The number of unbranched alkanes of at least 4 members (excludes halogenated alkanes) is 30. The quantitative estimate of drug-likeness (QED) is 0.0455. The summed E-state index contributed by atoms with van der Waals surface area (Å²) in [6, 6.07) is 1.51. The minimum Gasteiger partial charge on any atom is -1.00 e. The molecule has 0 heterocycles. The van der Waals surface area contributed by atoms with E-state index in [0.717, 1.165) is 12.1 Å². The number of halogens is 1. The zero-order valence-electron chi connectivity index (χ0n) is 32.0. The second kappa shape index (κ2) is 36.3. The van der Waals surface area contributed by atoms with Gasteiger partial charge in [0.15, 0.2) is 0 Å². The zero-order chi connectivity index (χ0) is 31.7. The summed E-state index contributed by atoms with van der Waals surface area (Å²) in [4.78, 5) is 0. The summed E-state index contributed by atoms with van der Waals surface area (Å²) >= 11 is 0. The van der Waals surface area contributed by atoms with E-state index in [1.54, 1.807) is 0 Å². The average molecular weight is 687 g/mol. The van der Waals surface area contributed by atoms with Crippen LogP contribution in [-0.4, -0.2) is 29.7 Å². The summed E-state index contributed by atoms with van der Waals surface area (Å²) in [5, 5.41) is 0. The second-order valence-corrected chi connectivity index (χ2v) is 15.3. The number of hydrogen-bond acceptors (Lipinski definition) is 0. The van der Waals surface area contributed by atoms with Gasteiger partial charge in [0, 0.05) is 0 Å². The summed E-state index contributed by atoms with van der Waals surface area (Å²) in [5.74, 6) is 0. The first-order valence-corrected chi connectivity index (χ1v) is 20.9. The van der Waals surface area contributed by atoms with Gasteiger partial charge < -0.3 is 21.5 Å². The first kappa shape index (κ1) is 46.6. The van der Waals surface area contributed by atoms with Crippen LogP contribution in [0.1, 0.15) is 247 Å². The van der Waals surface area contributed by atoms with Crippen LogP contribution in [0.2, 0.25) is 0 Å². The van der Waals surface area contributed by atoms with Crippen LogP contribution in [0.25, 0.3) is 0 Å². The fourth-order valence-corrected chi connectivity index (χ4v) is 7.65. The molecule has 0 saturated heterocycles. The molecule has 0 aliphatic rings. The van der Waals surface area contributed by atoms with Gasteiger partial charge in [-0.05, 0) is 53.4 Å². The van der Waals surface area contributed by atoms with E-state index in [2.05, 4.69) is 41.5 Å². The van der Waals surface area contributed by atoms with Crippen molar-refractivity contribution in [2.45, 2.75) is 259 Å². The number of nitrogens with zero attached hydrogens (tertiary/aromatic N) is 1. The maximum atomic E-state index is 2.50. The van der Waals surface area contributed by atoms with E-state index in [9.17, 15) is 0 Å². The lowest BCUT2D eigenvalue weighted by Crippen LogP contribution is -3.00. The Bertz CT molecular complexity index is 470. The van der Waals surface area contributed by atoms with Crippen LogP contribution in [-0.2, 0) is 0 Å². The van der Waals surface area contributed by atoms with Crippen LogP contribution in [0, 0.1) is 0 Å². The molecule has 0 aromatic carbocycles. The van der Waals surface area contributed by atoms with Gasteiger partial charge in [-0.1, -0.05) is 194 Å². The Balaban J connectivity index is 0. The molecular formula is C42H88BrN. The van der Waals surface area contributed by atoms with Crippen molar-refractivity contribution in [1.82, 2.24) is 0 Å². The van der Waals surface area contributed by atoms with E-state index in [1.807, 2.05) is 0 Å². The summed E-state index contributed by atoms with van der Waals surface area (Å²) in [6.07, 6.45) is 46.9. The van der Waals surface area contributed by atoms with Crippen LogP contribution < -0.4 is 17.0 Å². The van der Waals surface area contributed by atoms with E-state index < -0.39 is 0 Å². The van der Waals surface area contributed by atoms with Gasteiger partial charge in [0.05, 0.1) is 25.2 Å². The van der Waals surface area contributed by atoms with Gasteiger partial charge in [0.25, 0.3) is 0 Å². The Morgan fingerprint density at radius 3 is 0.591 bits per heavy atom. The second-order valence-electron chi connectivity index (χ2n) is 15.3. The van der Waals surface area contributed by atoms with Crippen LogP contribution in [0.15, 0.2) is 0 Å². The summed E-state index contributed by atoms with van der Waals surface area (Å²) in [7, 11) is 0. The van der Waals surface area contributed by atoms with Crippen LogP contribution in [0.4, 0.5) is 0 Å². The minimum absolute atomic E-state index is 0. The fourth-order valence-electron chi connectivity index (χ4n) is 7.65. The van der Waals surface area contributed by atoms with Gasteiger partial charge in [-0.15, -0.1) is 0 Å². The van der Waals surface area contributed by atoms with E-state index >= 15 is 0 Å². The van der Waals surface area contributed by atoms with E-state index in [1.165, 1.54) is 223 Å². The van der Waals surface area contributed by atoms with Gasteiger partial charge in [0.2, 0.25) is 0 Å². The highest BCUT2D eigenvalue weighted by molar-refractivity contribution is 4.58. The molecule has 0 unspecified atom stereocenters. The predicted octanol–water partition coefficient (Wildman–Crippen LogP) is 12.1. The molecule has 0 aromatic rings. The highest BCUT2D eigenvalue weighted by atomic mass is 79.9. The van der Waals surface area contributed by atoms with E-state index in [4.69, 9.17) is 0 Å². The van der Waals surface area contributed by atoms with E-state index in [0.29, 0.717) is 0 Å². The smallest absolute Gasteiger partial charge is 0.0835 e. The molecular weight excluding hydrogens is 598 g/mol. The Hall–Kier alpha value is 0.440. The maximum absolute atomic E-state index is 2.50. The van der Waals surface area contributed by atoms with Crippen LogP contribution in [0.3, 0.4) is 0 Å². The van der Waals surface area contributed by atoms with Crippen molar-refractivity contribution < 1.29 is 21.5 Å². The van der Waals surface area contributed by atoms with E-state index in [-0.39, 0.29) is 17.0 Å². The molecule has 268 valence electrons. The van der Waals surface area contributed by atoms with Crippen molar-refractivity contribution in [2.24, 2.45) is 0 Å². The molecule has 0 atom stereocenters. The molecule has 0 aliphatic carbocycles. The van der Waals surface area contributed by atoms with Gasteiger partial charge in [-0.2, -0.15) is 0 Å². The SMILES string of the molecule is CCCCCCCCCCCCCCCCCC[N+](CCCCCCCCCCCCCCCCCC)(C(C)C)C(C)C.[Br-]. The third-order valence-electron chi connectivity index (χ3n) is 10.9. The van der Waals surface area contributed by atoms with Gasteiger partial charge >= 0.3 is 0 Å². The van der Waals surface area contributed by atoms with Crippen molar-refractivity contribution in [3.05, 3.63) is 0 Å². The van der Waals surface area contributed by atoms with Gasteiger partial charge in [-0.25, -0.2) is 0 Å². The molecule has 0 N–H and O–H groups in total. The van der Waals surface area contributed by atoms with Crippen molar-refractivity contribution in [3.8, 4) is 0 Å². The lowest BCUT2D eigenvalue weighted by atomic mass is 10.0. The first-order chi connectivity index (χ1) is 21.0. The Morgan fingerprint density at radius 2 is 0.432 bits per heavy atom. The topological polar surface area (TPSA) is 0 Å². The molecule has 0 aromatic heterocycles. The number of hydrogen-bond donors (Lipinski definition) is 0. The molecule has 0 rings (SSSR count). The molecule has 0 saturated carbocycles. The summed E-state index contributed by atoms with van der Waals surface area (Å²) < 4.78 is 1.36. The number of quaternary nitrogens is 1. The Labute approximate surface area is 292 Å². The van der Waals surface area contributed by atoms with Crippen molar-refractivity contribution in [1.29, 1.82) is 0 Å². The molecule has 0 amide bonds. The summed E-state index contributed by atoms with van der Waals surface area (Å²) in [5.41, 5.74) is 0. The normalized spacial score (nSPS) is 12.0. The molecule has 0 bridgehead atoms. The fraction of sp³-hybridized carbons (Fsp3) is 1.00. The standard InChI is InChI=1S/C42H88N.BrH/c1-7-9-11-13-15-17-19-21-23-25-27-29-31-33-35-37-39-43(41(3)4,42(5)6)40-38-36-34-32-30-28-26-24-22-20-18-16-14-12-10-8-2;/h41-42H,7-40H2,1-6H3;1H/q+1;/p-1. The molecule has 0 aliphatic heterocycles. The Kier molecular flexibility index (Phi) is 38.4. The molecule has 2 heteroatoms. The zero-order valence-corrected chi connectivity index (χ0v) is 33.6. The minimum atomic E-state index is 0. The molecule has 0 fully saturated rings. The van der Waals surface area contributed by atoms with Gasteiger partial charge in [0.1, 0.15) is 0 Å². The predicted molar refractivity (Wildman–Crippen MR) is 199 cm³/mol. The monoisotopic (exact) mass is 686 g/mol. The molecule has 0 spiro atoms. The maximum Gasteiger partial charge on any atom is 0.0835 e. The van der Waals surface area contributed by atoms with Crippen LogP contribution >= 0.6 is 0 Å². The third kappa shape index (κ3) is 28.6. The van der Waals surface area contributed by atoms with Crippen molar-refractivity contribution in [2.75, 3.05) is 13.1 Å². The average Bonchev–Trinajstić information content (AvgIpc) is 2.99. The lowest BCUT2D eigenvalue weighted by Gasteiger charge is -2.46. The molecule has 44 heavy (non-hydrogen) atoms.